The van der Waals surface area contributed by atoms with Gasteiger partial charge >= 0.3 is 12.1 Å². The minimum absolute atomic E-state index is 0.381. The van der Waals surface area contributed by atoms with E-state index in [-0.39, 0.29) is 6.03 Å². The van der Waals surface area contributed by atoms with Gasteiger partial charge in [-0.25, -0.2) is 13.3 Å². The summed E-state index contributed by atoms with van der Waals surface area (Å²) in [7, 11) is 0. The molecule has 0 aromatic heterocycles. The first-order valence-corrected chi connectivity index (χ1v) is 9.56. The van der Waals surface area contributed by atoms with E-state index in [2.05, 4.69) is 5.32 Å². The Hall–Kier alpha value is -0.560. The Bertz CT molecular complexity index is 336. The van der Waals surface area contributed by atoms with Crippen LogP contribution in [-0.4, -0.2) is 26.3 Å². The van der Waals surface area contributed by atoms with Crippen molar-refractivity contribution >= 4 is 36.0 Å². The summed E-state index contributed by atoms with van der Waals surface area (Å²) in [5, 5.41) is 3.17. The van der Waals surface area contributed by atoms with Crippen molar-refractivity contribution in [3.63, 3.8) is 0 Å². The summed E-state index contributed by atoms with van der Waals surface area (Å²) in [6, 6.07) is -1.16. The van der Waals surface area contributed by atoms with Gasteiger partial charge < -0.3 is 5.73 Å². The number of carbonyl (C=O) groups excluding carboxylic acids is 2. The van der Waals surface area contributed by atoms with Crippen LogP contribution in [-0.2, 0) is 0 Å². The summed E-state index contributed by atoms with van der Waals surface area (Å²) in [6.45, 7) is 0. The number of nitrogens with one attached hydrogen (secondary N) is 1. The summed E-state index contributed by atoms with van der Waals surface area (Å²) in [5.41, 5.74) is 5.08. The predicted octanol–water partition coefficient (Wildman–Crippen LogP) is 4.04. The maximum Gasteiger partial charge on any atom is 0.345 e. The van der Waals surface area contributed by atoms with E-state index in [1.165, 1.54) is 38.5 Å². The van der Waals surface area contributed by atoms with Crippen LogP contribution in [0.1, 0.15) is 64.2 Å². The zero-order chi connectivity index (χ0) is 15.1. The van der Waals surface area contributed by atoms with Gasteiger partial charge in [-0.05, 0) is 49.6 Å². The Morgan fingerprint density at radius 3 is 1.67 bits per heavy atom. The second kappa shape index (κ2) is 8.78. The second-order valence-corrected chi connectivity index (χ2v) is 8.50. The van der Waals surface area contributed by atoms with Crippen molar-refractivity contribution in [2.75, 3.05) is 0 Å². The third-order valence-electron chi connectivity index (χ3n) is 3.99. The fourth-order valence-electron chi connectivity index (χ4n) is 2.88. The Morgan fingerprint density at radius 1 is 0.857 bits per heavy atom. The van der Waals surface area contributed by atoms with Gasteiger partial charge in [-0.2, -0.15) is 0 Å². The average Bonchev–Trinajstić information content (AvgIpc) is 2.48. The number of hydrogen-bond acceptors (Lipinski definition) is 4. The third-order valence-corrected chi connectivity index (χ3v) is 6.76. The third kappa shape index (κ3) is 5.98. The van der Waals surface area contributed by atoms with Crippen LogP contribution in [0.3, 0.4) is 0 Å². The van der Waals surface area contributed by atoms with E-state index in [1.807, 2.05) is 0 Å². The second-order valence-electron chi connectivity index (χ2n) is 5.78. The predicted molar refractivity (Wildman–Crippen MR) is 88.9 cm³/mol. The fourth-order valence-corrected chi connectivity index (χ4v) is 5.73. The molecule has 2 aliphatic rings. The number of carbonyl (C=O) groups is 2. The number of urea groups is 2. The van der Waals surface area contributed by atoms with Crippen LogP contribution < -0.4 is 11.1 Å². The molecule has 3 N–H and O–H groups in total. The van der Waals surface area contributed by atoms with Gasteiger partial charge in [0.1, 0.15) is 0 Å². The smallest absolute Gasteiger partial charge is 0.345 e. The zero-order valence-corrected chi connectivity index (χ0v) is 14.0. The Morgan fingerprint density at radius 2 is 1.29 bits per heavy atom. The summed E-state index contributed by atoms with van der Waals surface area (Å²) >= 11 is 3.17. The maximum atomic E-state index is 12.2. The zero-order valence-electron chi connectivity index (χ0n) is 12.4. The lowest BCUT2D eigenvalue weighted by molar-refractivity contribution is 0.229. The van der Waals surface area contributed by atoms with E-state index in [0.29, 0.717) is 10.5 Å². The lowest BCUT2D eigenvalue weighted by Crippen LogP contribution is -2.41. The molecule has 21 heavy (non-hydrogen) atoms. The topological polar surface area (TPSA) is 75.4 Å². The van der Waals surface area contributed by atoms with E-state index >= 15 is 0 Å². The highest BCUT2D eigenvalue weighted by atomic mass is 32.2. The molecular formula is C14H25N3O2S2. The first kappa shape index (κ1) is 16.8. The first-order chi connectivity index (χ1) is 10.1. The molecule has 2 saturated carbocycles. The first-order valence-electron chi connectivity index (χ1n) is 7.89. The highest BCUT2D eigenvalue weighted by Crippen LogP contribution is 2.39. The summed E-state index contributed by atoms with van der Waals surface area (Å²) in [5.74, 6) is 0. The highest BCUT2D eigenvalue weighted by Gasteiger charge is 2.27. The lowest BCUT2D eigenvalue weighted by Gasteiger charge is -2.31. The van der Waals surface area contributed by atoms with Crippen LogP contribution in [0.15, 0.2) is 0 Å². The van der Waals surface area contributed by atoms with Gasteiger partial charge in [0.25, 0.3) is 0 Å². The summed E-state index contributed by atoms with van der Waals surface area (Å²) in [6.07, 6.45) is 12.1. The van der Waals surface area contributed by atoms with Gasteiger partial charge in [-0.15, -0.1) is 0 Å². The Balaban J connectivity index is 1.91. The molecule has 0 spiro atoms. The number of amides is 4. The molecule has 5 nitrogen and oxygen atoms in total. The molecule has 0 aliphatic heterocycles. The van der Waals surface area contributed by atoms with Crippen LogP contribution in [0.5, 0.6) is 0 Å². The number of nitrogens with two attached hydrogens (primary N) is 1. The molecular weight excluding hydrogens is 306 g/mol. The van der Waals surface area contributed by atoms with Crippen molar-refractivity contribution in [1.82, 2.24) is 9.03 Å². The van der Waals surface area contributed by atoms with Crippen molar-refractivity contribution in [3.8, 4) is 0 Å². The van der Waals surface area contributed by atoms with Gasteiger partial charge in [0.05, 0.1) is 0 Å². The quantitative estimate of drug-likeness (QED) is 0.762. The van der Waals surface area contributed by atoms with Crippen molar-refractivity contribution in [1.29, 1.82) is 0 Å². The number of hydrogen-bond donors (Lipinski definition) is 2. The fraction of sp³-hybridized carbons (Fsp3) is 0.857. The highest BCUT2D eigenvalue weighted by molar-refractivity contribution is 8.13. The van der Waals surface area contributed by atoms with Crippen molar-refractivity contribution in [2.24, 2.45) is 5.73 Å². The normalized spacial score (nSPS) is 21.0. The summed E-state index contributed by atoms with van der Waals surface area (Å²) < 4.78 is 1.68. The molecule has 0 atom stereocenters. The van der Waals surface area contributed by atoms with E-state index in [0.717, 1.165) is 25.7 Å². The van der Waals surface area contributed by atoms with Gasteiger partial charge in [-0.1, -0.05) is 38.5 Å². The minimum atomic E-state index is -0.779. The molecule has 0 saturated heterocycles. The molecule has 4 amide bonds. The molecule has 120 valence electrons. The van der Waals surface area contributed by atoms with Crippen LogP contribution >= 0.6 is 23.9 Å². The van der Waals surface area contributed by atoms with Gasteiger partial charge in [0, 0.05) is 10.5 Å². The lowest BCUT2D eigenvalue weighted by atomic mass is 10.0. The van der Waals surface area contributed by atoms with Crippen LogP contribution in [0.4, 0.5) is 9.59 Å². The number of primary amides is 1. The molecule has 7 heteroatoms. The number of rotatable bonds is 4. The van der Waals surface area contributed by atoms with Crippen LogP contribution in [0.25, 0.3) is 0 Å². The van der Waals surface area contributed by atoms with E-state index in [4.69, 9.17) is 5.73 Å². The van der Waals surface area contributed by atoms with Crippen molar-refractivity contribution in [3.05, 3.63) is 0 Å². The van der Waals surface area contributed by atoms with Crippen molar-refractivity contribution < 1.29 is 9.59 Å². The Labute approximate surface area is 135 Å². The molecule has 0 aromatic carbocycles. The molecule has 0 heterocycles. The summed E-state index contributed by atoms with van der Waals surface area (Å²) in [4.78, 5) is 23.1. The number of nitrogens with zero attached hydrogens (tertiary/aromatic N) is 1. The van der Waals surface area contributed by atoms with E-state index in [9.17, 15) is 9.59 Å². The molecule has 2 fully saturated rings. The standard InChI is InChI=1S/C14H25N3O2S2/c15-13(18)16-14(19)17(20-11-7-3-1-4-8-11)21-12-9-5-2-6-10-12/h11-12H,1-10H2,(H3,15,16,18,19). The van der Waals surface area contributed by atoms with Gasteiger partial charge in [0.2, 0.25) is 0 Å². The molecule has 0 radical (unpaired) electrons. The van der Waals surface area contributed by atoms with Gasteiger partial charge in [0.15, 0.2) is 0 Å². The molecule has 0 unspecified atom stereocenters. The average molecular weight is 332 g/mol. The van der Waals surface area contributed by atoms with Crippen LogP contribution in [0.2, 0.25) is 0 Å². The van der Waals surface area contributed by atoms with Crippen LogP contribution in [0, 0.1) is 0 Å². The van der Waals surface area contributed by atoms with Gasteiger partial charge in [-0.3, -0.25) is 5.32 Å². The minimum Gasteiger partial charge on any atom is -0.351 e. The molecule has 2 rings (SSSR count). The maximum absolute atomic E-state index is 12.2. The van der Waals surface area contributed by atoms with E-state index in [1.54, 1.807) is 27.6 Å². The number of imide groups is 1. The molecule has 2 aliphatic carbocycles. The molecule has 0 aromatic rings. The van der Waals surface area contributed by atoms with Crippen molar-refractivity contribution in [2.45, 2.75) is 74.7 Å². The SMILES string of the molecule is NC(=O)NC(=O)N(SC1CCCCC1)SC1CCCCC1. The Kier molecular flexibility index (Phi) is 7.03. The monoisotopic (exact) mass is 331 g/mol. The largest absolute Gasteiger partial charge is 0.351 e. The molecule has 0 bridgehead atoms. The van der Waals surface area contributed by atoms with E-state index < -0.39 is 6.03 Å².